The molecule has 32 heavy (non-hydrogen) atoms. The summed E-state index contributed by atoms with van der Waals surface area (Å²) in [5, 5.41) is 10.2. The van der Waals surface area contributed by atoms with Crippen LogP contribution in [0.15, 0.2) is 87.9 Å². The molecule has 2 heterocycles. The lowest BCUT2D eigenvalue weighted by Gasteiger charge is -2.32. The van der Waals surface area contributed by atoms with Gasteiger partial charge in [0.05, 0.1) is 11.1 Å². The molecule has 0 saturated carbocycles. The molecule has 0 spiro atoms. The molecule has 0 fully saturated rings. The first-order valence-corrected chi connectivity index (χ1v) is 10.4. The number of amides is 2. The summed E-state index contributed by atoms with van der Waals surface area (Å²) in [5.41, 5.74) is 2.04. The van der Waals surface area contributed by atoms with Gasteiger partial charge in [0.25, 0.3) is 11.8 Å². The predicted molar refractivity (Wildman–Crippen MR) is 122 cm³/mol. The van der Waals surface area contributed by atoms with Crippen LogP contribution in [0.5, 0.6) is 0 Å². The number of benzene rings is 2. The van der Waals surface area contributed by atoms with Gasteiger partial charge in [-0.1, -0.05) is 54.1 Å². The number of hydrogen-bond acceptors (Lipinski definition) is 4. The predicted octanol–water partition coefficient (Wildman–Crippen LogP) is 5.95. The van der Waals surface area contributed by atoms with Gasteiger partial charge in [-0.25, -0.2) is 0 Å². The Kier molecular flexibility index (Phi) is 5.81. The van der Waals surface area contributed by atoms with Crippen molar-refractivity contribution < 1.29 is 14.0 Å². The Labute approximate surface area is 190 Å². The van der Waals surface area contributed by atoms with E-state index in [0.717, 1.165) is 16.0 Å². The minimum atomic E-state index is -0.597. The fourth-order valence-electron chi connectivity index (χ4n) is 3.71. The zero-order chi connectivity index (χ0) is 22.8. The highest BCUT2D eigenvalue weighted by molar-refractivity contribution is 6.33. The first kappa shape index (κ1) is 21.4. The van der Waals surface area contributed by atoms with Crippen molar-refractivity contribution in [2.24, 2.45) is 0 Å². The minimum Gasteiger partial charge on any atom is -0.457 e. The van der Waals surface area contributed by atoms with Gasteiger partial charge < -0.3 is 4.42 Å². The van der Waals surface area contributed by atoms with Crippen LogP contribution in [-0.2, 0) is 9.59 Å². The maximum Gasteiger partial charge on any atom is 0.272 e. The number of nitriles is 1. The van der Waals surface area contributed by atoms with Crippen LogP contribution >= 0.6 is 11.6 Å². The van der Waals surface area contributed by atoms with Crippen LogP contribution < -0.4 is 0 Å². The molecule has 0 saturated heterocycles. The summed E-state index contributed by atoms with van der Waals surface area (Å²) in [4.78, 5) is 27.5. The van der Waals surface area contributed by atoms with E-state index in [0.29, 0.717) is 22.1 Å². The third kappa shape index (κ3) is 3.77. The number of furan rings is 1. The van der Waals surface area contributed by atoms with Gasteiger partial charge in [0.1, 0.15) is 23.2 Å². The lowest BCUT2D eigenvalue weighted by atomic mass is 9.92. The maximum atomic E-state index is 13.4. The molecule has 1 atom stereocenters. The molecule has 2 amide bonds. The van der Waals surface area contributed by atoms with Gasteiger partial charge in [0.2, 0.25) is 0 Å². The van der Waals surface area contributed by atoms with Crippen LogP contribution in [-0.4, -0.2) is 16.7 Å². The van der Waals surface area contributed by atoms with Gasteiger partial charge >= 0.3 is 0 Å². The molecule has 0 bridgehead atoms. The molecule has 1 aliphatic rings. The number of nitrogens with zero attached hydrogens (tertiary/aromatic N) is 2. The largest absolute Gasteiger partial charge is 0.457 e. The maximum absolute atomic E-state index is 13.4. The summed E-state index contributed by atoms with van der Waals surface area (Å²) in [7, 11) is 0. The van der Waals surface area contributed by atoms with E-state index in [-0.39, 0.29) is 11.1 Å². The van der Waals surface area contributed by atoms with Crippen LogP contribution in [0.25, 0.3) is 17.4 Å². The third-order valence-corrected chi connectivity index (χ3v) is 5.82. The van der Waals surface area contributed by atoms with Crippen molar-refractivity contribution in [1.82, 2.24) is 4.90 Å². The van der Waals surface area contributed by atoms with Gasteiger partial charge in [-0.05, 0) is 55.3 Å². The fourth-order valence-corrected chi connectivity index (χ4v) is 3.94. The number of halogens is 1. The highest BCUT2D eigenvalue weighted by atomic mass is 35.5. The molecule has 1 aliphatic heterocycles. The van der Waals surface area contributed by atoms with Crippen molar-refractivity contribution in [2.75, 3.05) is 0 Å². The Morgan fingerprint density at radius 3 is 2.38 bits per heavy atom. The van der Waals surface area contributed by atoms with Gasteiger partial charge in [0.15, 0.2) is 0 Å². The van der Waals surface area contributed by atoms with Crippen molar-refractivity contribution in [3.63, 3.8) is 0 Å². The second-order valence-electron chi connectivity index (χ2n) is 7.42. The van der Waals surface area contributed by atoms with Crippen molar-refractivity contribution in [1.29, 1.82) is 5.26 Å². The van der Waals surface area contributed by atoms with E-state index >= 15 is 0 Å². The molecule has 1 aromatic heterocycles. The Morgan fingerprint density at radius 2 is 1.69 bits per heavy atom. The Morgan fingerprint density at radius 1 is 1.00 bits per heavy atom. The topological polar surface area (TPSA) is 74.3 Å². The minimum absolute atomic E-state index is 0.0588. The molecule has 1 unspecified atom stereocenters. The number of carbonyl (C=O) groups excluding carboxylic acids is 2. The molecule has 0 aliphatic carbocycles. The molecule has 158 valence electrons. The molecular weight excluding hydrogens is 424 g/mol. The molecule has 3 aromatic rings. The normalized spacial score (nSPS) is 16.4. The second kappa shape index (κ2) is 8.70. The second-order valence-corrected chi connectivity index (χ2v) is 7.83. The summed E-state index contributed by atoms with van der Waals surface area (Å²) in [6, 6.07) is 21.4. The summed E-state index contributed by atoms with van der Waals surface area (Å²) < 4.78 is 5.90. The van der Waals surface area contributed by atoms with Crippen LogP contribution in [0.1, 0.15) is 31.2 Å². The number of carbonyl (C=O) groups is 2. The number of hydrogen-bond donors (Lipinski definition) is 0. The summed E-state index contributed by atoms with van der Waals surface area (Å²) in [6.07, 6.45) is 1.56. The Bertz CT molecular complexity index is 1310. The first-order valence-electron chi connectivity index (χ1n) is 10.0. The molecule has 2 aromatic carbocycles. The summed E-state index contributed by atoms with van der Waals surface area (Å²) in [6.45, 7) is 3.36. The third-order valence-electron chi connectivity index (χ3n) is 5.49. The van der Waals surface area contributed by atoms with E-state index in [4.69, 9.17) is 16.0 Å². The highest BCUT2D eigenvalue weighted by Crippen LogP contribution is 2.34. The van der Waals surface area contributed by atoms with Crippen LogP contribution in [0, 0.1) is 11.3 Å². The Hall–Kier alpha value is -3.88. The van der Waals surface area contributed by atoms with Gasteiger partial charge in [0, 0.05) is 11.1 Å². The highest BCUT2D eigenvalue weighted by Gasteiger charge is 2.38. The quantitative estimate of drug-likeness (QED) is 0.369. The SMILES string of the molecule is CC1=C(C#N)C(=O)N(C(C)c2ccccc2)C(=O)/C1=C/c1ccc(-c2ccccc2Cl)o1. The number of imide groups is 1. The standard InChI is InChI=1S/C26H19ClN2O3/c1-16-21(14-19-12-13-24(32-19)20-10-6-7-11-23(20)27)25(30)29(26(31)22(16)15-28)17(2)18-8-4-3-5-9-18/h3-14,17H,1-2H3/b21-14+. The van der Waals surface area contributed by atoms with E-state index in [1.54, 1.807) is 38.1 Å². The van der Waals surface area contributed by atoms with Crippen molar-refractivity contribution in [3.05, 3.63) is 99.8 Å². The van der Waals surface area contributed by atoms with E-state index in [1.165, 1.54) is 0 Å². The van der Waals surface area contributed by atoms with Crippen LogP contribution in [0.3, 0.4) is 0 Å². The summed E-state index contributed by atoms with van der Waals surface area (Å²) >= 11 is 6.26. The Balaban J connectivity index is 1.76. The van der Waals surface area contributed by atoms with Crippen molar-refractivity contribution in [3.8, 4) is 17.4 Å². The van der Waals surface area contributed by atoms with E-state index < -0.39 is 17.9 Å². The summed E-state index contributed by atoms with van der Waals surface area (Å²) in [5.74, 6) is -0.0988. The monoisotopic (exact) mass is 442 g/mol. The van der Waals surface area contributed by atoms with E-state index in [2.05, 4.69) is 0 Å². The fraction of sp³-hybridized carbons (Fsp3) is 0.115. The molecule has 0 N–H and O–H groups in total. The lowest BCUT2D eigenvalue weighted by Crippen LogP contribution is -2.44. The average Bonchev–Trinajstić information content (AvgIpc) is 3.26. The van der Waals surface area contributed by atoms with E-state index in [9.17, 15) is 14.9 Å². The smallest absolute Gasteiger partial charge is 0.272 e. The zero-order valence-corrected chi connectivity index (χ0v) is 18.3. The zero-order valence-electron chi connectivity index (χ0n) is 17.5. The van der Waals surface area contributed by atoms with E-state index in [1.807, 2.05) is 54.6 Å². The molecular formula is C26H19ClN2O3. The lowest BCUT2D eigenvalue weighted by molar-refractivity contribution is -0.143. The molecule has 4 rings (SSSR count). The van der Waals surface area contributed by atoms with Crippen molar-refractivity contribution in [2.45, 2.75) is 19.9 Å². The average molecular weight is 443 g/mol. The van der Waals surface area contributed by atoms with Gasteiger partial charge in [-0.3, -0.25) is 14.5 Å². The van der Waals surface area contributed by atoms with Crippen molar-refractivity contribution >= 4 is 29.5 Å². The van der Waals surface area contributed by atoms with Gasteiger partial charge in [-0.15, -0.1) is 0 Å². The molecule has 0 radical (unpaired) electrons. The van der Waals surface area contributed by atoms with Crippen LogP contribution in [0.4, 0.5) is 0 Å². The molecule has 6 heteroatoms. The van der Waals surface area contributed by atoms with Gasteiger partial charge in [-0.2, -0.15) is 5.26 Å². The first-order chi connectivity index (χ1) is 15.4. The number of rotatable bonds is 4. The van der Waals surface area contributed by atoms with Crippen LogP contribution in [0.2, 0.25) is 5.02 Å². The molecule has 5 nitrogen and oxygen atoms in total.